The van der Waals surface area contributed by atoms with E-state index in [-0.39, 0.29) is 41.5 Å². The molecule has 1 atom stereocenters. The average Bonchev–Trinajstić information content (AvgIpc) is 3.05. The molecule has 1 aromatic heterocycles. The van der Waals surface area contributed by atoms with Crippen LogP contribution < -0.4 is 15.5 Å². The fraction of sp³-hybridized carbons (Fsp3) is 0.722. The van der Waals surface area contributed by atoms with Gasteiger partial charge >= 0.3 is 0 Å². The van der Waals surface area contributed by atoms with E-state index >= 15 is 0 Å². The minimum atomic E-state index is -2.89. The minimum Gasteiger partial charge on any atom is -0.357 e. The van der Waals surface area contributed by atoms with Crippen molar-refractivity contribution in [3.05, 3.63) is 18.5 Å². The van der Waals surface area contributed by atoms with E-state index < -0.39 is 9.84 Å². The summed E-state index contributed by atoms with van der Waals surface area (Å²) in [5.74, 6) is 1.99. The van der Waals surface area contributed by atoms with Gasteiger partial charge in [-0.2, -0.15) is 0 Å². The van der Waals surface area contributed by atoms with Crippen molar-refractivity contribution >= 4 is 45.7 Å². The van der Waals surface area contributed by atoms with Gasteiger partial charge in [-0.15, -0.1) is 24.0 Å². The first-order valence-electron chi connectivity index (χ1n) is 10.1. The Bertz CT molecular complexity index is 740. The molecular weight excluding hydrogens is 505 g/mol. The Morgan fingerprint density at radius 3 is 2.59 bits per heavy atom. The number of aliphatic imine (C=N–C) groups is 1. The van der Waals surface area contributed by atoms with Crippen molar-refractivity contribution in [1.29, 1.82) is 0 Å². The molecule has 0 aliphatic carbocycles. The molecule has 0 radical (unpaired) electrons. The quantitative estimate of drug-likeness (QED) is 0.223. The predicted octanol–water partition coefficient (Wildman–Crippen LogP) is 0.349. The number of nitrogens with zero attached hydrogens (tertiary/aromatic N) is 5. The van der Waals surface area contributed by atoms with Crippen LogP contribution in [0.5, 0.6) is 0 Å². The van der Waals surface area contributed by atoms with Gasteiger partial charge < -0.3 is 15.5 Å². The van der Waals surface area contributed by atoms with Crippen LogP contribution in [0.1, 0.15) is 19.8 Å². The van der Waals surface area contributed by atoms with Crippen LogP contribution in [-0.2, 0) is 9.84 Å². The lowest BCUT2D eigenvalue weighted by atomic mass is 10.3. The third-order valence-electron chi connectivity index (χ3n) is 5.03. The number of aromatic nitrogens is 2. The molecule has 0 spiro atoms. The fourth-order valence-corrected chi connectivity index (χ4v) is 5.21. The van der Waals surface area contributed by atoms with Crippen molar-refractivity contribution in [2.24, 2.45) is 4.99 Å². The summed E-state index contributed by atoms with van der Waals surface area (Å²) in [5, 5.41) is 6.47. The number of piperazine rings is 1. The highest BCUT2D eigenvalue weighted by molar-refractivity contribution is 14.0. The lowest BCUT2D eigenvalue weighted by Gasteiger charge is -2.34. The van der Waals surface area contributed by atoms with Gasteiger partial charge in [-0.1, -0.05) is 0 Å². The molecule has 9 nitrogen and oxygen atoms in total. The first-order valence-corrected chi connectivity index (χ1v) is 11.9. The number of hydrogen-bond donors (Lipinski definition) is 2. The van der Waals surface area contributed by atoms with Crippen LogP contribution in [0.2, 0.25) is 0 Å². The number of nitrogens with one attached hydrogen (secondary N) is 2. The molecule has 29 heavy (non-hydrogen) atoms. The summed E-state index contributed by atoms with van der Waals surface area (Å²) in [4.78, 5) is 17.9. The van der Waals surface area contributed by atoms with Crippen LogP contribution in [0.25, 0.3) is 0 Å². The van der Waals surface area contributed by atoms with Gasteiger partial charge in [0, 0.05) is 64.2 Å². The van der Waals surface area contributed by atoms with Crippen molar-refractivity contribution in [2.45, 2.75) is 25.8 Å². The lowest BCUT2D eigenvalue weighted by molar-refractivity contribution is 0.255. The smallest absolute Gasteiger partial charge is 0.225 e. The van der Waals surface area contributed by atoms with Crippen molar-refractivity contribution in [1.82, 2.24) is 25.5 Å². The summed E-state index contributed by atoms with van der Waals surface area (Å²) < 4.78 is 23.2. The Kier molecular flexibility index (Phi) is 9.83. The van der Waals surface area contributed by atoms with Gasteiger partial charge in [-0.25, -0.2) is 18.4 Å². The Morgan fingerprint density at radius 2 is 1.97 bits per heavy atom. The highest BCUT2D eigenvalue weighted by atomic mass is 127. The summed E-state index contributed by atoms with van der Waals surface area (Å²) in [6.45, 7) is 8.37. The lowest BCUT2D eigenvalue weighted by Crippen LogP contribution is -2.47. The molecule has 0 bridgehead atoms. The molecule has 2 saturated heterocycles. The molecule has 0 aromatic carbocycles. The molecule has 2 aliphatic rings. The number of rotatable bonds is 7. The highest BCUT2D eigenvalue weighted by Gasteiger charge is 2.28. The summed E-state index contributed by atoms with van der Waals surface area (Å²) in [7, 11) is -2.89. The van der Waals surface area contributed by atoms with Crippen LogP contribution >= 0.6 is 24.0 Å². The molecule has 1 aromatic rings. The maximum atomic E-state index is 11.6. The monoisotopic (exact) mass is 537 g/mol. The van der Waals surface area contributed by atoms with Gasteiger partial charge in [0.2, 0.25) is 5.95 Å². The molecule has 1 unspecified atom stereocenters. The standard InChI is InChI=1S/C18H31N7O2S.HI/c1-2-19-17(23-16-5-14-28(26,27)15-16)20-8-4-9-24-10-12-25(13-11-24)18-21-6-3-7-22-18;/h3,6-7,16H,2,4-5,8-15H2,1H3,(H2,19,20,23);1H. The molecule has 3 heterocycles. The fourth-order valence-electron chi connectivity index (χ4n) is 3.53. The zero-order valence-corrected chi connectivity index (χ0v) is 20.1. The third kappa shape index (κ3) is 7.85. The van der Waals surface area contributed by atoms with Crippen molar-refractivity contribution < 1.29 is 8.42 Å². The van der Waals surface area contributed by atoms with E-state index in [1.807, 2.05) is 13.0 Å². The highest BCUT2D eigenvalue weighted by Crippen LogP contribution is 2.11. The number of guanidine groups is 1. The van der Waals surface area contributed by atoms with Crippen LogP contribution in [0.4, 0.5) is 5.95 Å². The second-order valence-electron chi connectivity index (χ2n) is 7.24. The Balaban J connectivity index is 0.00000300. The summed E-state index contributed by atoms with van der Waals surface area (Å²) in [6.07, 6.45) is 5.19. The van der Waals surface area contributed by atoms with E-state index in [0.717, 1.165) is 64.1 Å². The first kappa shape index (κ1) is 24.1. The molecule has 2 N–H and O–H groups in total. The van der Waals surface area contributed by atoms with Gasteiger partial charge in [-0.05, 0) is 25.8 Å². The third-order valence-corrected chi connectivity index (χ3v) is 6.80. The van der Waals surface area contributed by atoms with Crippen LogP contribution in [-0.4, -0.2) is 92.6 Å². The number of halogens is 1. The van der Waals surface area contributed by atoms with Gasteiger partial charge in [0.05, 0.1) is 11.5 Å². The molecule has 11 heteroatoms. The molecule has 164 valence electrons. The molecule has 2 fully saturated rings. The van der Waals surface area contributed by atoms with Crippen molar-refractivity contribution in [3.8, 4) is 0 Å². The second kappa shape index (κ2) is 11.8. The largest absolute Gasteiger partial charge is 0.357 e. The molecule has 0 saturated carbocycles. The Morgan fingerprint density at radius 1 is 1.24 bits per heavy atom. The van der Waals surface area contributed by atoms with E-state index in [0.29, 0.717) is 6.42 Å². The summed E-state index contributed by atoms with van der Waals surface area (Å²) in [6, 6.07) is 1.80. The van der Waals surface area contributed by atoms with E-state index in [2.05, 4.69) is 35.4 Å². The van der Waals surface area contributed by atoms with Gasteiger partial charge in [0.15, 0.2) is 15.8 Å². The second-order valence-corrected chi connectivity index (χ2v) is 9.46. The van der Waals surface area contributed by atoms with Gasteiger partial charge in [0.1, 0.15) is 0 Å². The minimum absolute atomic E-state index is 0. The van der Waals surface area contributed by atoms with Crippen LogP contribution in [0.3, 0.4) is 0 Å². The summed E-state index contributed by atoms with van der Waals surface area (Å²) in [5.41, 5.74) is 0. The van der Waals surface area contributed by atoms with Gasteiger partial charge in [-0.3, -0.25) is 9.89 Å². The van der Waals surface area contributed by atoms with Crippen LogP contribution in [0, 0.1) is 0 Å². The van der Waals surface area contributed by atoms with Gasteiger partial charge in [0.25, 0.3) is 0 Å². The normalized spacial score (nSPS) is 22.2. The number of anilines is 1. The molecular formula is C18H32IN7O2S. The molecule has 0 amide bonds. The molecule has 3 rings (SSSR count). The van der Waals surface area contributed by atoms with E-state index in [9.17, 15) is 8.42 Å². The number of sulfone groups is 1. The maximum absolute atomic E-state index is 11.6. The Hall–Kier alpha value is -1.21. The summed E-state index contributed by atoms with van der Waals surface area (Å²) >= 11 is 0. The first-order chi connectivity index (χ1) is 13.6. The Labute approximate surface area is 190 Å². The van der Waals surface area contributed by atoms with Crippen molar-refractivity contribution in [3.63, 3.8) is 0 Å². The topological polar surface area (TPSA) is 103 Å². The van der Waals surface area contributed by atoms with E-state index in [1.54, 1.807) is 12.4 Å². The zero-order valence-electron chi connectivity index (χ0n) is 17.0. The maximum Gasteiger partial charge on any atom is 0.225 e. The van der Waals surface area contributed by atoms with E-state index in [1.165, 1.54) is 0 Å². The van der Waals surface area contributed by atoms with Crippen molar-refractivity contribution in [2.75, 3.05) is 62.2 Å². The average molecular weight is 537 g/mol. The molecule has 2 aliphatic heterocycles. The number of hydrogen-bond acceptors (Lipinski definition) is 7. The predicted molar refractivity (Wildman–Crippen MR) is 127 cm³/mol. The zero-order chi connectivity index (χ0) is 19.8. The van der Waals surface area contributed by atoms with E-state index in [4.69, 9.17) is 0 Å². The van der Waals surface area contributed by atoms with Crippen LogP contribution in [0.15, 0.2) is 23.5 Å². The SMILES string of the molecule is CCNC(=NCCCN1CCN(c2ncccn2)CC1)NC1CCS(=O)(=O)C1.I.